The summed E-state index contributed by atoms with van der Waals surface area (Å²) in [5.74, 6) is 0.667. The number of guanidine groups is 1. The number of rotatable bonds is 4. The molecule has 2 saturated heterocycles. The fourth-order valence-corrected chi connectivity index (χ4v) is 3.50. The fourth-order valence-electron chi connectivity index (χ4n) is 3.50. The van der Waals surface area contributed by atoms with Crippen molar-refractivity contribution in [3.8, 4) is 0 Å². The number of halogens is 1. The summed E-state index contributed by atoms with van der Waals surface area (Å²) < 4.78 is 5.38. The summed E-state index contributed by atoms with van der Waals surface area (Å²) in [7, 11) is 1.71. The summed E-state index contributed by atoms with van der Waals surface area (Å²) in [4.78, 5) is 32.1. The van der Waals surface area contributed by atoms with E-state index in [0.717, 1.165) is 37.2 Å². The van der Waals surface area contributed by atoms with E-state index in [1.807, 2.05) is 49.9 Å². The van der Waals surface area contributed by atoms with Gasteiger partial charge in [0.25, 0.3) is 0 Å². The van der Waals surface area contributed by atoms with E-state index in [2.05, 4.69) is 20.9 Å². The van der Waals surface area contributed by atoms with Gasteiger partial charge in [0.1, 0.15) is 5.60 Å². The van der Waals surface area contributed by atoms with E-state index in [-0.39, 0.29) is 42.1 Å². The van der Waals surface area contributed by atoms with E-state index in [9.17, 15) is 9.59 Å². The number of carbonyl (C=O) groups excluding carboxylic acids is 2. The van der Waals surface area contributed by atoms with Gasteiger partial charge in [0.15, 0.2) is 5.96 Å². The second-order valence-electron chi connectivity index (χ2n) is 8.98. The summed E-state index contributed by atoms with van der Waals surface area (Å²) in [6, 6.07) is 7.87. The number of nitrogens with one attached hydrogen (secondary N) is 3. The van der Waals surface area contributed by atoms with Crippen molar-refractivity contribution in [1.82, 2.24) is 20.4 Å². The normalized spacial score (nSPS) is 16.7. The minimum atomic E-state index is -0.490. The molecule has 1 aromatic carbocycles. The van der Waals surface area contributed by atoms with E-state index in [0.29, 0.717) is 25.6 Å². The van der Waals surface area contributed by atoms with Gasteiger partial charge in [-0.25, -0.2) is 9.59 Å². The summed E-state index contributed by atoms with van der Waals surface area (Å²) in [6.07, 6.45) is 1.85. The lowest BCUT2D eigenvalue weighted by molar-refractivity contribution is 0.00700. The lowest BCUT2D eigenvalue weighted by atomic mass is 10.1. The molecule has 2 aliphatic rings. The molecule has 0 spiro atoms. The van der Waals surface area contributed by atoms with E-state index >= 15 is 0 Å². The van der Waals surface area contributed by atoms with Gasteiger partial charge in [-0.15, -0.1) is 24.0 Å². The van der Waals surface area contributed by atoms with Gasteiger partial charge in [0.2, 0.25) is 0 Å². The van der Waals surface area contributed by atoms with E-state index in [1.165, 1.54) is 0 Å². The van der Waals surface area contributed by atoms with Gasteiger partial charge in [0.05, 0.1) is 6.04 Å². The zero-order valence-corrected chi connectivity index (χ0v) is 21.6. The zero-order chi connectivity index (χ0) is 22.4. The van der Waals surface area contributed by atoms with E-state index in [4.69, 9.17) is 4.74 Å². The molecule has 0 atom stereocenters. The predicted molar refractivity (Wildman–Crippen MR) is 137 cm³/mol. The Labute approximate surface area is 207 Å². The van der Waals surface area contributed by atoms with Crippen molar-refractivity contribution in [3.05, 3.63) is 29.8 Å². The molecule has 32 heavy (non-hydrogen) atoms. The number of urea groups is 1. The SMILES string of the molecule is CN=C(NCc1cccc(NC(=O)N2CCCC2)c1)NC1CN(C(=O)OC(C)(C)C)C1.I. The number of benzene rings is 1. The molecule has 10 heteroatoms. The van der Waals surface area contributed by atoms with Gasteiger partial charge in [-0.2, -0.15) is 0 Å². The largest absolute Gasteiger partial charge is 0.444 e. The van der Waals surface area contributed by atoms with Crippen LogP contribution in [0.15, 0.2) is 29.3 Å². The first-order valence-electron chi connectivity index (χ1n) is 10.8. The maximum atomic E-state index is 12.3. The van der Waals surface area contributed by atoms with Crippen LogP contribution >= 0.6 is 24.0 Å². The number of likely N-dealkylation sites (tertiary alicyclic amines) is 2. The van der Waals surface area contributed by atoms with Gasteiger partial charge in [0, 0.05) is 45.5 Å². The van der Waals surface area contributed by atoms with Crippen molar-refractivity contribution in [2.24, 2.45) is 4.99 Å². The minimum Gasteiger partial charge on any atom is -0.444 e. The van der Waals surface area contributed by atoms with Crippen LogP contribution in [0.3, 0.4) is 0 Å². The number of anilines is 1. The molecule has 0 saturated carbocycles. The van der Waals surface area contributed by atoms with Gasteiger partial charge in [-0.05, 0) is 51.3 Å². The number of amides is 3. The highest BCUT2D eigenvalue weighted by Crippen LogP contribution is 2.16. The van der Waals surface area contributed by atoms with Gasteiger partial charge >= 0.3 is 12.1 Å². The molecular formula is C22H35IN6O3. The average molecular weight is 558 g/mol. The van der Waals surface area contributed by atoms with Crippen molar-refractivity contribution < 1.29 is 14.3 Å². The van der Waals surface area contributed by atoms with Crippen LogP contribution < -0.4 is 16.0 Å². The Hall–Kier alpha value is -2.24. The number of carbonyl (C=O) groups is 2. The lowest BCUT2D eigenvalue weighted by Crippen LogP contribution is -2.63. The highest BCUT2D eigenvalue weighted by molar-refractivity contribution is 14.0. The Morgan fingerprint density at radius 2 is 1.84 bits per heavy atom. The first kappa shape index (κ1) is 26.0. The molecule has 2 fully saturated rings. The Kier molecular flexibility index (Phi) is 9.41. The molecule has 178 valence electrons. The molecule has 0 aliphatic carbocycles. The van der Waals surface area contributed by atoms with Gasteiger partial charge in [-0.3, -0.25) is 4.99 Å². The average Bonchev–Trinajstić information content (AvgIpc) is 3.20. The zero-order valence-electron chi connectivity index (χ0n) is 19.3. The van der Waals surface area contributed by atoms with Crippen LogP contribution in [0.1, 0.15) is 39.2 Å². The summed E-state index contributed by atoms with van der Waals surface area (Å²) >= 11 is 0. The number of aliphatic imine (C=N–C) groups is 1. The third kappa shape index (κ3) is 7.72. The Morgan fingerprint density at radius 1 is 1.16 bits per heavy atom. The molecule has 0 unspecified atom stereocenters. The molecule has 0 aromatic heterocycles. The third-order valence-corrected chi connectivity index (χ3v) is 5.13. The molecule has 1 aromatic rings. The molecular weight excluding hydrogens is 523 g/mol. The second kappa shape index (κ2) is 11.6. The van der Waals surface area contributed by atoms with Crippen molar-refractivity contribution in [2.75, 3.05) is 38.5 Å². The molecule has 2 heterocycles. The van der Waals surface area contributed by atoms with E-state index < -0.39 is 5.60 Å². The summed E-state index contributed by atoms with van der Waals surface area (Å²) in [5, 5.41) is 9.57. The first-order chi connectivity index (χ1) is 14.7. The summed E-state index contributed by atoms with van der Waals surface area (Å²) in [5.41, 5.74) is 1.33. The van der Waals surface area contributed by atoms with Crippen LogP contribution in [0.2, 0.25) is 0 Å². The molecule has 9 nitrogen and oxygen atoms in total. The monoisotopic (exact) mass is 558 g/mol. The van der Waals surface area contributed by atoms with Crippen LogP contribution in [0.25, 0.3) is 0 Å². The van der Waals surface area contributed by atoms with Crippen molar-refractivity contribution >= 4 is 47.7 Å². The smallest absolute Gasteiger partial charge is 0.410 e. The topological polar surface area (TPSA) is 98.3 Å². The molecule has 3 rings (SSSR count). The third-order valence-electron chi connectivity index (χ3n) is 5.13. The standard InChI is InChI=1S/C22H34N6O3.HI/c1-22(2,3)31-21(30)28-14-18(15-28)25-19(23-4)24-13-16-8-7-9-17(12-16)26-20(29)27-10-5-6-11-27;/h7-9,12,18H,5-6,10-11,13-15H2,1-4H3,(H,26,29)(H2,23,24,25);1H. The fraction of sp³-hybridized carbons (Fsp3) is 0.591. The quantitative estimate of drug-likeness (QED) is 0.300. The Bertz CT molecular complexity index is 814. The molecule has 3 amide bonds. The van der Waals surface area contributed by atoms with Gasteiger partial charge < -0.3 is 30.5 Å². The minimum absolute atomic E-state index is 0. The maximum Gasteiger partial charge on any atom is 0.410 e. The van der Waals surface area contributed by atoms with Crippen LogP contribution in [0, 0.1) is 0 Å². The molecule has 3 N–H and O–H groups in total. The predicted octanol–water partition coefficient (Wildman–Crippen LogP) is 3.22. The van der Waals surface area contributed by atoms with E-state index in [1.54, 1.807) is 11.9 Å². The van der Waals surface area contributed by atoms with Gasteiger partial charge in [-0.1, -0.05) is 12.1 Å². The van der Waals surface area contributed by atoms with Crippen LogP contribution in [0.4, 0.5) is 15.3 Å². The van der Waals surface area contributed by atoms with Crippen molar-refractivity contribution in [1.29, 1.82) is 0 Å². The highest BCUT2D eigenvalue weighted by Gasteiger charge is 2.34. The molecule has 2 aliphatic heterocycles. The maximum absolute atomic E-state index is 12.3. The second-order valence-corrected chi connectivity index (χ2v) is 8.98. The molecule has 0 bridgehead atoms. The highest BCUT2D eigenvalue weighted by atomic mass is 127. The Morgan fingerprint density at radius 3 is 2.47 bits per heavy atom. The van der Waals surface area contributed by atoms with Crippen LogP contribution in [0.5, 0.6) is 0 Å². The number of ether oxygens (including phenoxy) is 1. The number of hydrogen-bond donors (Lipinski definition) is 3. The lowest BCUT2D eigenvalue weighted by Gasteiger charge is -2.40. The van der Waals surface area contributed by atoms with Crippen molar-refractivity contribution in [2.45, 2.75) is 51.8 Å². The van der Waals surface area contributed by atoms with Crippen LogP contribution in [-0.4, -0.2) is 72.8 Å². The Balaban J connectivity index is 0.00000363. The van der Waals surface area contributed by atoms with Crippen molar-refractivity contribution in [3.63, 3.8) is 0 Å². The molecule has 0 radical (unpaired) electrons. The number of hydrogen-bond acceptors (Lipinski definition) is 4. The van der Waals surface area contributed by atoms with Crippen LogP contribution in [-0.2, 0) is 11.3 Å². The number of nitrogens with zero attached hydrogens (tertiary/aromatic N) is 3. The first-order valence-corrected chi connectivity index (χ1v) is 10.8. The summed E-state index contributed by atoms with van der Waals surface area (Å²) in [6.45, 7) is 8.94.